The second-order valence-corrected chi connectivity index (χ2v) is 5.06. The second kappa shape index (κ2) is 7.18. The number of halogens is 1. The Morgan fingerprint density at radius 2 is 1.55 bits per heavy atom. The first-order valence-corrected chi connectivity index (χ1v) is 7.11. The molecule has 2 aromatic rings. The van der Waals surface area contributed by atoms with Crippen molar-refractivity contribution >= 4 is 17.4 Å². The summed E-state index contributed by atoms with van der Waals surface area (Å²) in [5.74, 6) is 1.48. The summed E-state index contributed by atoms with van der Waals surface area (Å²) in [6.07, 6.45) is -0.684. The van der Waals surface area contributed by atoms with Gasteiger partial charge in [-0.25, -0.2) is 0 Å². The van der Waals surface area contributed by atoms with Crippen LogP contribution >= 0.6 is 11.6 Å². The van der Waals surface area contributed by atoms with Crippen LogP contribution in [0.2, 0.25) is 5.02 Å². The molecular weight excluding hydrogens is 304 g/mol. The molecule has 4 nitrogen and oxygen atoms in total. The van der Waals surface area contributed by atoms with E-state index < -0.39 is 6.10 Å². The minimum atomic E-state index is -0.684. The third kappa shape index (κ3) is 3.71. The molecule has 0 fully saturated rings. The Kier molecular flexibility index (Phi) is 5.28. The number of hydrogen-bond donors (Lipinski definition) is 0. The zero-order chi connectivity index (χ0) is 16.1. The summed E-state index contributed by atoms with van der Waals surface area (Å²) >= 11 is 6.05. The van der Waals surface area contributed by atoms with Crippen LogP contribution in [0.5, 0.6) is 17.2 Å². The van der Waals surface area contributed by atoms with E-state index in [0.717, 1.165) is 0 Å². The summed E-state index contributed by atoms with van der Waals surface area (Å²) in [7, 11) is 3.10. The van der Waals surface area contributed by atoms with Crippen molar-refractivity contribution in [2.75, 3.05) is 14.2 Å². The van der Waals surface area contributed by atoms with Gasteiger partial charge in [0, 0.05) is 23.8 Å². The van der Waals surface area contributed by atoms with E-state index in [4.69, 9.17) is 25.8 Å². The molecule has 0 amide bonds. The predicted octanol–water partition coefficient (Wildman–Crippen LogP) is 4.01. The molecule has 0 aliphatic carbocycles. The minimum Gasteiger partial charge on any atom is -0.496 e. The van der Waals surface area contributed by atoms with Gasteiger partial charge < -0.3 is 14.2 Å². The van der Waals surface area contributed by atoms with Gasteiger partial charge in [-0.1, -0.05) is 23.7 Å². The molecule has 0 aliphatic rings. The molecule has 1 unspecified atom stereocenters. The van der Waals surface area contributed by atoms with Crippen molar-refractivity contribution in [2.45, 2.75) is 13.0 Å². The van der Waals surface area contributed by atoms with Crippen LogP contribution in [0.15, 0.2) is 42.5 Å². The fourth-order valence-corrected chi connectivity index (χ4v) is 2.22. The van der Waals surface area contributed by atoms with Gasteiger partial charge in [-0.15, -0.1) is 0 Å². The van der Waals surface area contributed by atoms with Gasteiger partial charge in [-0.05, 0) is 19.1 Å². The summed E-state index contributed by atoms with van der Waals surface area (Å²) in [4.78, 5) is 12.4. The van der Waals surface area contributed by atoms with Gasteiger partial charge in [-0.2, -0.15) is 0 Å². The molecule has 1 atom stereocenters. The topological polar surface area (TPSA) is 44.8 Å². The Morgan fingerprint density at radius 3 is 2.09 bits per heavy atom. The second-order valence-electron chi connectivity index (χ2n) is 4.65. The van der Waals surface area contributed by atoms with Gasteiger partial charge in [0.1, 0.15) is 17.2 Å². The van der Waals surface area contributed by atoms with Crippen LogP contribution in [0.25, 0.3) is 0 Å². The summed E-state index contributed by atoms with van der Waals surface area (Å²) < 4.78 is 16.1. The largest absolute Gasteiger partial charge is 0.496 e. The fourth-order valence-electron chi connectivity index (χ4n) is 1.99. The van der Waals surface area contributed by atoms with Crippen LogP contribution in [-0.4, -0.2) is 26.1 Å². The van der Waals surface area contributed by atoms with Gasteiger partial charge in [0.25, 0.3) is 0 Å². The van der Waals surface area contributed by atoms with E-state index in [-0.39, 0.29) is 5.78 Å². The molecule has 2 rings (SSSR count). The van der Waals surface area contributed by atoms with E-state index in [9.17, 15) is 4.79 Å². The third-order valence-corrected chi connectivity index (χ3v) is 3.48. The number of benzene rings is 2. The number of Topliss-reactive ketones (excluding diaryl/α,β-unsaturated/α-hetero) is 1. The van der Waals surface area contributed by atoms with Crippen LogP contribution in [-0.2, 0) is 0 Å². The predicted molar refractivity (Wildman–Crippen MR) is 85.4 cm³/mol. The third-order valence-electron chi connectivity index (χ3n) is 3.15. The number of carbonyl (C=O) groups excluding carboxylic acids is 1. The Morgan fingerprint density at radius 1 is 1.00 bits per heavy atom. The molecular formula is C17H17ClO4. The monoisotopic (exact) mass is 320 g/mol. The molecule has 0 saturated heterocycles. The van der Waals surface area contributed by atoms with Gasteiger partial charge in [0.05, 0.1) is 19.2 Å². The molecule has 0 spiro atoms. The molecule has 0 bridgehead atoms. The normalized spacial score (nSPS) is 11.6. The number of rotatable bonds is 6. The number of methoxy groups -OCH3 is 2. The van der Waals surface area contributed by atoms with E-state index in [1.807, 2.05) is 0 Å². The summed E-state index contributed by atoms with van der Waals surface area (Å²) in [6, 6.07) is 12.0. The summed E-state index contributed by atoms with van der Waals surface area (Å²) in [5, 5.41) is 0.408. The Labute approximate surface area is 134 Å². The first kappa shape index (κ1) is 16.2. The van der Waals surface area contributed by atoms with E-state index in [0.29, 0.717) is 27.8 Å². The van der Waals surface area contributed by atoms with Crippen LogP contribution in [0.4, 0.5) is 0 Å². The van der Waals surface area contributed by atoms with Crippen LogP contribution < -0.4 is 14.2 Å². The van der Waals surface area contributed by atoms with E-state index in [1.54, 1.807) is 63.6 Å². The van der Waals surface area contributed by atoms with E-state index in [2.05, 4.69) is 0 Å². The summed E-state index contributed by atoms with van der Waals surface area (Å²) in [5.41, 5.74) is 0.437. The lowest BCUT2D eigenvalue weighted by atomic mass is 10.1. The lowest BCUT2D eigenvalue weighted by molar-refractivity contribution is 0.0817. The maximum absolute atomic E-state index is 12.4. The fraction of sp³-hybridized carbons (Fsp3) is 0.235. The molecule has 0 radical (unpaired) electrons. The first-order chi connectivity index (χ1) is 10.5. The highest BCUT2D eigenvalue weighted by atomic mass is 35.5. The highest BCUT2D eigenvalue weighted by Gasteiger charge is 2.19. The quantitative estimate of drug-likeness (QED) is 0.754. The van der Waals surface area contributed by atoms with Crippen molar-refractivity contribution in [1.29, 1.82) is 0 Å². The Bertz CT molecular complexity index is 647. The standard InChI is InChI=1S/C17H17ClO4/c1-11(17(19)15-6-4-5-7-16(15)18)22-14-9-12(20-2)8-13(10-14)21-3/h4-11H,1-3H3. The highest BCUT2D eigenvalue weighted by Crippen LogP contribution is 2.28. The summed E-state index contributed by atoms with van der Waals surface area (Å²) in [6.45, 7) is 1.68. The molecule has 0 N–H and O–H groups in total. The van der Waals surface area contributed by atoms with Crippen molar-refractivity contribution in [3.63, 3.8) is 0 Å². The van der Waals surface area contributed by atoms with Crippen molar-refractivity contribution in [3.8, 4) is 17.2 Å². The average Bonchev–Trinajstić information content (AvgIpc) is 2.54. The van der Waals surface area contributed by atoms with Gasteiger partial charge in [0.15, 0.2) is 6.10 Å². The number of hydrogen-bond acceptors (Lipinski definition) is 4. The average molecular weight is 321 g/mol. The van der Waals surface area contributed by atoms with Crippen LogP contribution in [0.3, 0.4) is 0 Å². The number of ketones is 1. The molecule has 116 valence electrons. The first-order valence-electron chi connectivity index (χ1n) is 6.73. The highest BCUT2D eigenvalue weighted by molar-refractivity contribution is 6.34. The van der Waals surface area contributed by atoms with Crippen molar-refractivity contribution in [3.05, 3.63) is 53.1 Å². The SMILES string of the molecule is COc1cc(OC)cc(OC(C)C(=O)c2ccccc2Cl)c1. The molecule has 5 heteroatoms. The lowest BCUT2D eigenvalue weighted by Crippen LogP contribution is -2.24. The van der Waals surface area contributed by atoms with Crippen molar-refractivity contribution in [2.24, 2.45) is 0 Å². The van der Waals surface area contributed by atoms with E-state index in [1.165, 1.54) is 0 Å². The molecule has 0 heterocycles. The zero-order valence-corrected chi connectivity index (χ0v) is 13.4. The molecule has 0 aromatic heterocycles. The molecule has 2 aromatic carbocycles. The van der Waals surface area contributed by atoms with Crippen LogP contribution in [0.1, 0.15) is 17.3 Å². The Balaban J connectivity index is 2.20. The van der Waals surface area contributed by atoms with E-state index >= 15 is 0 Å². The zero-order valence-electron chi connectivity index (χ0n) is 12.6. The molecule has 0 aliphatic heterocycles. The molecule has 0 saturated carbocycles. The maximum atomic E-state index is 12.4. The maximum Gasteiger partial charge on any atom is 0.204 e. The Hall–Kier alpha value is -2.20. The van der Waals surface area contributed by atoms with Gasteiger partial charge in [0.2, 0.25) is 5.78 Å². The number of ether oxygens (including phenoxy) is 3. The van der Waals surface area contributed by atoms with Gasteiger partial charge >= 0.3 is 0 Å². The smallest absolute Gasteiger partial charge is 0.204 e. The number of carbonyl (C=O) groups is 1. The van der Waals surface area contributed by atoms with Crippen molar-refractivity contribution in [1.82, 2.24) is 0 Å². The van der Waals surface area contributed by atoms with Crippen molar-refractivity contribution < 1.29 is 19.0 Å². The van der Waals surface area contributed by atoms with Gasteiger partial charge in [-0.3, -0.25) is 4.79 Å². The minimum absolute atomic E-state index is 0.188. The molecule has 22 heavy (non-hydrogen) atoms. The van der Waals surface area contributed by atoms with Crippen LogP contribution in [0, 0.1) is 0 Å². The lowest BCUT2D eigenvalue weighted by Gasteiger charge is -2.16.